The lowest BCUT2D eigenvalue weighted by Gasteiger charge is -2.03. The van der Waals surface area contributed by atoms with Gasteiger partial charge in [0.15, 0.2) is 5.13 Å². The summed E-state index contributed by atoms with van der Waals surface area (Å²) in [5.41, 5.74) is 0.764. The third kappa shape index (κ3) is 5.75. The first-order valence-corrected chi connectivity index (χ1v) is 12.0. The predicted octanol–water partition coefficient (Wildman–Crippen LogP) is 7.41. The first-order chi connectivity index (χ1) is 17.2. The Balaban J connectivity index is 1.48. The van der Waals surface area contributed by atoms with Crippen LogP contribution in [-0.2, 0) is 11.2 Å². The smallest absolute Gasteiger partial charge is 0.288 e. The van der Waals surface area contributed by atoms with E-state index in [1.807, 2.05) is 12.1 Å². The summed E-state index contributed by atoms with van der Waals surface area (Å²) >= 11 is 19.4. The molecule has 0 unspecified atom stereocenters. The highest BCUT2D eigenvalue weighted by Crippen LogP contribution is 2.32. The Hall–Kier alpha value is -3.68. The molecule has 0 aliphatic carbocycles. The van der Waals surface area contributed by atoms with Crippen molar-refractivity contribution in [3.63, 3.8) is 0 Å². The van der Waals surface area contributed by atoms with Crippen molar-refractivity contribution in [2.45, 2.75) is 6.42 Å². The van der Waals surface area contributed by atoms with E-state index in [0.29, 0.717) is 32.9 Å². The van der Waals surface area contributed by atoms with Gasteiger partial charge in [0.25, 0.3) is 11.6 Å². The molecule has 4 aromatic rings. The highest BCUT2D eigenvalue weighted by Gasteiger charge is 2.17. The van der Waals surface area contributed by atoms with Gasteiger partial charge in [0.1, 0.15) is 28.2 Å². The standard InChI is InChI=1S/C24H13Cl3N4O4S/c25-18-6-4-13(10-20(18)31(33)34)21-7-5-16(35-21)8-15(11-28)23(32)30-24-29-12-17(36-24)9-14-2-1-3-19(26)22(14)27/h1-8,10,12H,9H2,(H,29,30,32). The van der Waals surface area contributed by atoms with Crippen molar-refractivity contribution in [1.82, 2.24) is 4.98 Å². The molecule has 0 atom stereocenters. The number of aromatic nitrogens is 1. The number of nitro groups is 1. The number of nitro benzene ring substituents is 1. The van der Waals surface area contributed by atoms with E-state index in [-0.39, 0.29) is 22.0 Å². The van der Waals surface area contributed by atoms with Crippen LogP contribution in [0.3, 0.4) is 0 Å². The van der Waals surface area contributed by atoms with Crippen molar-refractivity contribution >= 4 is 68.9 Å². The van der Waals surface area contributed by atoms with E-state index in [4.69, 9.17) is 39.2 Å². The lowest BCUT2D eigenvalue weighted by Crippen LogP contribution is -2.13. The highest BCUT2D eigenvalue weighted by atomic mass is 35.5. The summed E-state index contributed by atoms with van der Waals surface area (Å²) in [5.74, 6) is -0.146. The highest BCUT2D eigenvalue weighted by molar-refractivity contribution is 7.15. The van der Waals surface area contributed by atoms with Gasteiger partial charge in [-0.3, -0.25) is 20.2 Å². The minimum atomic E-state index is -0.667. The third-order valence-electron chi connectivity index (χ3n) is 4.88. The number of thiazole rings is 1. The molecule has 2 aromatic heterocycles. The number of nitriles is 1. The molecule has 0 radical (unpaired) electrons. The van der Waals surface area contributed by atoms with E-state index >= 15 is 0 Å². The van der Waals surface area contributed by atoms with Crippen LogP contribution >= 0.6 is 46.1 Å². The number of nitrogens with one attached hydrogen (secondary N) is 1. The number of hydrogen-bond acceptors (Lipinski definition) is 7. The lowest BCUT2D eigenvalue weighted by molar-refractivity contribution is -0.384. The van der Waals surface area contributed by atoms with Gasteiger partial charge in [-0.1, -0.05) is 46.9 Å². The molecule has 8 nitrogen and oxygen atoms in total. The average molecular weight is 560 g/mol. The number of rotatable bonds is 7. The van der Waals surface area contributed by atoms with E-state index in [1.54, 1.807) is 30.5 Å². The zero-order valence-corrected chi connectivity index (χ0v) is 21.1. The largest absolute Gasteiger partial charge is 0.457 e. The van der Waals surface area contributed by atoms with Crippen LogP contribution in [0.1, 0.15) is 16.2 Å². The molecular formula is C24H13Cl3N4O4S. The van der Waals surface area contributed by atoms with Crippen LogP contribution in [-0.4, -0.2) is 15.8 Å². The Labute approximate surface area is 223 Å². The first-order valence-electron chi connectivity index (χ1n) is 10.1. The van der Waals surface area contributed by atoms with Crippen LogP contribution < -0.4 is 5.32 Å². The van der Waals surface area contributed by atoms with Gasteiger partial charge in [0, 0.05) is 35.2 Å². The fourth-order valence-corrected chi connectivity index (χ4v) is 4.57. The third-order valence-corrected chi connectivity index (χ3v) is 6.97. The number of amides is 1. The van der Waals surface area contributed by atoms with Gasteiger partial charge in [0.05, 0.1) is 15.0 Å². The van der Waals surface area contributed by atoms with Gasteiger partial charge >= 0.3 is 0 Å². The Kier molecular flexibility index (Phi) is 7.72. The van der Waals surface area contributed by atoms with Crippen LogP contribution in [0, 0.1) is 21.4 Å². The van der Waals surface area contributed by atoms with Crippen LogP contribution in [0.25, 0.3) is 17.4 Å². The van der Waals surface area contributed by atoms with Gasteiger partial charge in [-0.15, -0.1) is 11.3 Å². The van der Waals surface area contributed by atoms with Crippen LogP contribution in [0.4, 0.5) is 10.8 Å². The fraction of sp³-hybridized carbons (Fsp3) is 0.0417. The summed E-state index contributed by atoms with van der Waals surface area (Å²) in [7, 11) is 0. The SMILES string of the molecule is N#CC(=Cc1ccc(-c2ccc(Cl)c([N+](=O)[O-])c2)o1)C(=O)Nc1ncc(Cc2cccc(Cl)c2Cl)s1. The summed E-state index contributed by atoms with van der Waals surface area (Å²) in [6.07, 6.45) is 3.35. The molecule has 0 saturated heterocycles. The van der Waals surface area contributed by atoms with Gasteiger partial charge in [-0.2, -0.15) is 5.26 Å². The maximum Gasteiger partial charge on any atom is 0.288 e. The molecular weight excluding hydrogens is 547 g/mol. The molecule has 0 bridgehead atoms. The van der Waals surface area contributed by atoms with Crippen molar-refractivity contribution in [3.05, 3.63) is 102 Å². The number of furan rings is 1. The van der Waals surface area contributed by atoms with E-state index in [0.717, 1.165) is 10.4 Å². The molecule has 4 rings (SSSR count). The topological polar surface area (TPSA) is 122 Å². The van der Waals surface area contributed by atoms with Crippen molar-refractivity contribution in [2.75, 3.05) is 5.32 Å². The van der Waals surface area contributed by atoms with Crippen molar-refractivity contribution in [2.24, 2.45) is 0 Å². The number of carbonyl (C=O) groups is 1. The zero-order valence-electron chi connectivity index (χ0n) is 18.0. The molecule has 0 saturated carbocycles. The number of halogens is 3. The fourth-order valence-electron chi connectivity index (χ4n) is 3.17. The first kappa shape index (κ1) is 25.4. The monoisotopic (exact) mass is 558 g/mol. The quantitative estimate of drug-likeness (QED) is 0.109. The molecule has 180 valence electrons. The molecule has 0 aliphatic heterocycles. The van der Waals surface area contributed by atoms with Gasteiger partial charge in [-0.05, 0) is 35.9 Å². The second-order valence-electron chi connectivity index (χ2n) is 7.27. The van der Waals surface area contributed by atoms with Gasteiger partial charge in [-0.25, -0.2) is 4.98 Å². The number of nitrogens with zero attached hydrogens (tertiary/aromatic N) is 3. The Bertz CT molecular complexity index is 1550. The van der Waals surface area contributed by atoms with Gasteiger partial charge < -0.3 is 4.42 Å². The minimum absolute atomic E-state index is 0.000119. The van der Waals surface area contributed by atoms with Crippen LogP contribution in [0.5, 0.6) is 0 Å². The Morgan fingerprint density at radius 1 is 1.19 bits per heavy atom. The van der Waals surface area contributed by atoms with E-state index < -0.39 is 10.8 Å². The summed E-state index contributed by atoms with van der Waals surface area (Å²) in [5, 5.41) is 24.4. The van der Waals surface area contributed by atoms with Crippen LogP contribution in [0.15, 0.2) is 64.7 Å². The van der Waals surface area contributed by atoms with E-state index in [1.165, 1.54) is 35.6 Å². The van der Waals surface area contributed by atoms with E-state index in [2.05, 4.69) is 10.3 Å². The second kappa shape index (κ2) is 10.9. The molecule has 1 N–H and O–H groups in total. The number of anilines is 1. The summed E-state index contributed by atoms with van der Waals surface area (Å²) < 4.78 is 5.66. The molecule has 0 spiro atoms. The van der Waals surface area contributed by atoms with Crippen molar-refractivity contribution in [1.29, 1.82) is 5.26 Å². The zero-order chi connectivity index (χ0) is 25.8. The molecule has 0 fully saturated rings. The Morgan fingerprint density at radius 3 is 2.75 bits per heavy atom. The molecule has 1 amide bonds. The molecule has 0 aliphatic rings. The van der Waals surface area contributed by atoms with Crippen molar-refractivity contribution in [3.8, 4) is 17.4 Å². The minimum Gasteiger partial charge on any atom is -0.457 e. The molecule has 2 heterocycles. The number of carbonyl (C=O) groups excluding carboxylic acids is 1. The summed E-state index contributed by atoms with van der Waals surface area (Å²) in [4.78, 5) is 28.2. The van der Waals surface area contributed by atoms with Crippen LogP contribution in [0.2, 0.25) is 15.1 Å². The average Bonchev–Trinajstić information content (AvgIpc) is 3.50. The summed E-state index contributed by atoms with van der Waals surface area (Å²) in [6, 6.07) is 14.5. The predicted molar refractivity (Wildman–Crippen MR) is 139 cm³/mol. The Morgan fingerprint density at radius 2 is 2.00 bits per heavy atom. The maximum absolute atomic E-state index is 12.6. The normalized spacial score (nSPS) is 11.2. The van der Waals surface area contributed by atoms with E-state index in [9.17, 15) is 20.2 Å². The molecule has 36 heavy (non-hydrogen) atoms. The molecule has 12 heteroatoms. The van der Waals surface area contributed by atoms with Crippen molar-refractivity contribution < 1.29 is 14.1 Å². The maximum atomic E-state index is 12.6. The summed E-state index contributed by atoms with van der Waals surface area (Å²) in [6.45, 7) is 0. The molecule has 2 aromatic carbocycles. The lowest BCUT2D eigenvalue weighted by atomic mass is 10.1. The number of hydrogen-bond donors (Lipinski definition) is 1. The number of benzene rings is 2. The second-order valence-corrected chi connectivity index (χ2v) is 9.58. The van der Waals surface area contributed by atoms with Gasteiger partial charge in [0.2, 0.25) is 0 Å².